The molecule has 24 heavy (non-hydrogen) atoms. The minimum Gasteiger partial charge on any atom is -0.333 e. The highest BCUT2D eigenvalue weighted by Crippen LogP contribution is 2.39. The number of hydrogen-bond acceptors (Lipinski definition) is 3. The Morgan fingerprint density at radius 2 is 1.88 bits per heavy atom. The molecule has 3 amide bonds. The van der Waals surface area contributed by atoms with Crippen LogP contribution in [0, 0.1) is 5.92 Å². The standard InChI is InChI=1S/C19H22N2O3/c22-17-9-8-15(18(23)20-17)19(24)21-10-13-6-3-7-14(16(13)11-21)12-4-1-2-5-12/h3,6-7,12,15H,1-2,4-5,8-11H2,(H,20,22,23). The molecule has 126 valence electrons. The van der Waals surface area contributed by atoms with Gasteiger partial charge in [-0.2, -0.15) is 0 Å². The smallest absolute Gasteiger partial charge is 0.239 e. The monoisotopic (exact) mass is 326 g/mol. The number of amides is 3. The van der Waals surface area contributed by atoms with E-state index in [2.05, 4.69) is 23.5 Å². The maximum Gasteiger partial charge on any atom is 0.239 e. The summed E-state index contributed by atoms with van der Waals surface area (Å²) in [5.41, 5.74) is 3.88. The van der Waals surface area contributed by atoms with E-state index in [1.807, 2.05) is 0 Å². The zero-order valence-corrected chi connectivity index (χ0v) is 13.7. The molecule has 1 saturated carbocycles. The Morgan fingerprint density at radius 3 is 2.62 bits per heavy atom. The zero-order chi connectivity index (χ0) is 16.7. The third kappa shape index (κ3) is 2.62. The number of hydrogen-bond donors (Lipinski definition) is 1. The van der Waals surface area contributed by atoms with E-state index in [1.54, 1.807) is 4.90 Å². The third-order valence-electron chi connectivity index (χ3n) is 5.66. The first-order valence-electron chi connectivity index (χ1n) is 8.86. The molecule has 1 aromatic carbocycles. The van der Waals surface area contributed by atoms with Gasteiger partial charge >= 0.3 is 0 Å². The minimum atomic E-state index is -0.716. The molecule has 1 aromatic rings. The summed E-state index contributed by atoms with van der Waals surface area (Å²) in [6.45, 7) is 1.17. The Bertz CT molecular complexity index is 707. The number of benzene rings is 1. The molecule has 1 atom stereocenters. The van der Waals surface area contributed by atoms with E-state index in [4.69, 9.17) is 0 Å². The molecular weight excluding hydrogens is 304 g/mol. The summed E-state index contributed by atoms with van der Waals surface area (Å²) in [6, 6.07) is 6.38. The Kier molecular flexibility index (Phi) is 3.87. The first-order valence-corrected chi connectivity index (χ1v) is 8.86. The molecule has 2 fully saturated rings. The van der Waals surface area contributed by atoms with Gasteiger partial charge in [-0.3, -0.25) is 19.7 Å². The molecule has 2 aliphatic heterocycles. The molecule has 1 saturated heterocycles. The normalized spacial score (nSPS) is 24.2. The lowest BCUT2D eigenvalue weighted by Gasteiger charge is -2.25. The zero-order valence-electron chi connectivity index (χ0n) is 13.7. The van der Waals surface area contributed by atoms with E-state index in [9.17, 15) is 14.4 Å². The van der Waals surface area contributed by atoms with Crippen LogP contribution in [0.5, 0.6) is 0 Å². The van der Waals surface area contributed by atoms with Gasteiger partial charge in [-0.15, -0.1) is 0 Å². The van der Waals surface area contributed by atoms with Crippen LogP contribution in [0.25, 0.3) is 0 Å². The van der Waals surface area contributed by atoms with Crippen LogP contribution in [0.15, 0.2) is 18.2 Å². The van der Waals surface area contributed by atoms with Gasteiger partial charge in [0.2, 0.25) is 17.7 Å². The van der Waals surface area contributed by atoms with Crippen molar-refractivity contribution in [1.29, 1.82) is 0 Å². The van der Waals surface area contributed by atoms with Crippen molar-refractivity contribution in [2.24, 2.45) is 5.92 Å². The van der Waals surface area contributed by atoms with Crippen LogP contribution >= 0.6 is 0 Å². The first kappa shape index (κ1) is 15.4. The van der Waals surface area contributed by atoms with Crippen molar-refractivity contribution < 1.29 is 14.4 Å². The Labute approximate surface area is 141 Å². The Balaban J connectivity index is 1.53. The fraction of sp³-hybridized carbons (Fsp3) is 0.526. The second kappa shape index (κ2) is 6.04. The van der Waals surface area contributed by atoms with E-state index in [0.29, 0.717) is 25.4 Å². The maximum atomic E-state index is 12.8. The van der Waals surface area contributed by atoms with Crippen molar-refractivity contribution in [3.63, 3.8) is 0 Å². The maximum absolute atomic E-state index is 12.8. The number of carbonyl (C=O) groups excluding carboxylic acids is 3. The summed E-state index contributed by atoms with van der Waals surface area (Å²) < 4.78 is 0. The molecule has 1 unspecified atom stereocenters. The van der Waals surface area contributed by atoms with Crippen molar-refractivity contribution in [1.82, 2.24) is 10.2 Å². The molecule has 1 aliphatic carbocycles. The van der Waals surface area contributed by atoms with Crippen LogP contribution in [0.4, 0.5) is 0 Å². The van der Waals surface area contributed by atoms with E-state index < -0.39 is 11.8 Å². The van der Waals surface area contributed by atoms with Gasteiger partial charge in [0.25, 0.3) is 0 Å². The van der Waals surface area contributed by atoms with Gasteiger partial charge in [-0.1, -0.05) is 31.0 Å². The van der Waals surface area contributed by atoms with E-state index >= 15 is 0 Å². The summed E-state index contributed by atoms with van der Waals surface area (Å²) in [4.78, 5) is 37.8. The molecule has 5 nitrogen and oxygen atoms in total. The van der Waals surface area contributed by atoms with Crippen molar-refractivity contribution >= 4 is 17.7 Å². The van der Waals surface area contributed by atoms with Crippen LogP contribution in [0.1, 0.15) is 61.1 Å². The summed E-state index contributed by atoms with van der Waals surface area (Å²) >= 11 is 0. The summed E-state index contributed by atoms with van der Waals surface area (Å²) in [5, 5.41) is 2.29. The minimum absolute atomic E-state index is 0.145. The van der Waals surface area contributed by atoms with E-state index in [1.165, 1.54) is 42.4 Å². The van der Waals surface area contributed by atoms with Gasteiger partial charge in [0, 0.05) is 19.5 Å². The van der Waals surface area contributed by atoms with Gasteiger partial charge in [-0.05, 0) is 41.9 Å². The SMILES string of the molecule is O=C1CCC(C(=O)N2Cc3cccc(C4CCCC4)c3C2)C(=O)N1. The lowest BCUT2D eigenvalue weighted by molar-refractivity contribution is -0.146. The van der Waals surface area contributed by atoms with Crippen LogP contribution < -0.4 is 5.32 Å². The average molecular weight is 326 g/mol. The second-order valence-corrected chi connectivity index (χ2v) is 7.16. The number of nitrogens with one attached hydrogen (secondary N) is 1. The van der Waals surface area contributed by atoms with Crippen LogP contribution in [0.3, 0.4) is 0 Å². The van der Waals surface area contributed by atoms with Gasteiger partial charge in [-0.25, -0.2) is 0 Å². The lowest BCUT2D eigenvalue weighted by atomic mass is 9.91. The summed E-state index contributed by atoms with van der Waals surface area (Å²) in [6.07, 6.45) is 5.61. The predicted octanol–water partition coefficient (Wildman–Crippen LogP) is 2.24. The van der Waals surface area contributed by atoms with Crippen molar-refractivity contribution in [3.8, 4) is 0 Å². The third-order valence-corrected chi connectivity index (χ3v) is 5.66. The Morgan fingerprint density at radius 1 is 1.08 bits per heavy atom. The van der Waals surface area contributed by atoms with Crippen molar-refractivity contribution in [3.05, 3.63) is 34.9 Å². The van der Waals surface area contributed by atoms with Crippen LogP contribution in [0.2, 0.25) is 0 Å². The molecular formula is C19H22N2O3. The highest BCUT2D eigenvalue weighted by molar-refractivity contribution is 6.08. The highest BCUT2D eigenvalue weighted by Gasteiger charge is 2.37. The van der Waals surface area contributed by atoms with Crippen molar-refractivity contribution in [2.75, 3.05) is 0 Å². The molecule has 0 aromatic heterocycles. The number of piperidine rings is 1. The van der Waals surface area contributed by atoms with Gasteiger partial charge in [0.05, 0.1) is 0 Å². The molecule has 0 radical (unpaired) electrons. The van der Waals surface area contributed by atoms with Gasteiger partial charge < -0.3 is 4.90 Å². The summed E-state index contributed by atoms with van der Waals surface area (Å²) in [7, 11) is 0. The van der Waals surface area contributed by atoms with Crippen molar-refractivity contribution in [2.45, 2.75) is 57.5 Å². The largest absolute Gasteiger partial charge is 0.333 e. The molecule has 1 N–H and O–H groups in total. The van der Waals surface area contributed by atoms with Gasteiger partial charge in [0.1, 0.15) is 5.92 Å². The number of fused-ring (bicyclic) bond motifs is 1. The quantitative estimate of drug-likeness (QED) is 0.669. The van der Waals surface area contributed by atoms with E-state index in [0.717, 1.165) is 0 Å². The number of nitrogens with zero attached hydrogens (tertiary/aromatic N) is 1. The predicted molar refractivity (Wildman–Crippen MR) is 87.8 cm³/mol. The summed E-state index contributed by atoms with van der Waals surface area (Å²) in [5.74, 6) is -0.966. The number of imide groups is 1. The van der Waals surface area contributed by atoms with E-state index in [-0.39, 0.29) is 18.2 Å². The average Bonchev–Trinajstić information content (AvgIpc) is 3.23. The van der Waals surface area contributed by atoms with Gasteiger partial charge in [0.15, 0.2) is 0 Å². The van der Waals surface area contributed by atoms with Crippen LogP contribution in [-0.4, -0.2) is 22.6 Å². The molecule has 4 rings (SSSR count). The first-order chi connectivity index (χ1) is 11.6. The second-order valence-electron chi connectivity index (χ2n) is 7.16. The molecule has 5 heteroatoms. The molecule has 3 aliphatic rings. The fourth-order valence-corrected chi connectivity index (χ4v) is 4.37. The number of rotatable bonds is 2. The highest BCUT2D eigenvalue weighted by atomic mass is 16.2. The molecule has 0 bridgehead atoms. The topological polar surface area (TPSA) is 66.5 Å². The number of carbonyl (C=O) groups is 3. The lowest BCUT2D eigenvalue weighted by Crippen LogP contribution is -2.47. The molecule has 0 spiro atoms. The molecule has 2 heterocycles. The Hall–Kier alpha value is -2.17. The fourth-order valence-electron chi connectivity index (χ4n) is 4.37. The van der Waals surface area contributed by atoms with Crippen LogP contribution in [-0.2, 0) is 27.5 Å².